The first kappa shape index (κ1) is 22.9. The SMILES string of the molecule is CCc1cc(C)cc(CC)c1C1=C(O)[C@]2(C)[C@@H]3O[C@@H](CC3c3cccc(C(=O)OC)c3)[C@@H]2C1=O. The largest absolute Gasteiger partial charge is 0.511 e. The van der Waals surface area contributed by atoms with Crippen molar-refractivity contribution >= 4 is 17.3 Å². The molecule has 34 heavy (non-hydrogen) atoms. The smallest absolute Gasteiger partial charge is 0.337 e. The number of hydrogen-bond acceptors (Lipinski definition) is 5. The third-order valence-corrected chi connectivity index (χ3v) is 8.25. The first-order valence-electron chi connectivity index (χ1n) is 12.2. The fourth-order valence-electron chi connectivity index (χ4n) is 6.70. The van der Waals surface area contributed by atoms with Gasteiger partial charge in [0.05, 0.1) is 41.8 Å². The van der Waals surface area contributed by atoms with Gasteiger partial charge in [-0.15, -0.1) is 0 Å². The molecule has 1 aliphatic carbocycles. The van der Waals surface area contributed by atoms with Crippen molar-refractivity contribution in [3.63, 3.8) is 0 Å². The summed E-state index contributed by atoms with van der Waals surface area (Å²) in [6.07, 6.45) is 1.69. The summed E-state index contributed by atoms with van der Waals surface area (Å²) in [6, 6.07) is 11.7. The van der Waals surface area contributed by atoms with Crippen molar-refractivity contribution in [2.45, 2.75) is 65.1 Å². The molecule has 5 heteroatoms. The average Bonchev–Trinajstić information content (AvgIpc) is 3.46. The summed E-state index contributed by atoms with van der Waals surface area (Å²) in [7, 11) is 1.37. The maximum atomic E-state index is 13.9. The fraction of sp³-hybridized carbons (Fsp3) is 0.448. The van der Waals surface area contributed by atoms with E-state index in [9.17, 15) is 14.7 Å². The van der Waals surface area contributed by atoms with Gasteiger partial charge >= 0.3 is 5.97 Å². The van der Waals surface area contributed by atoms with E-state index in [1.165, 1.54) is 12.7 Å². The number of aliphatic hydroxyl groups excluding tert-OH is 1. The zero-order chi connectivity index (χ0) is 24.4. The Kier molecular flexibility index (Phi) is 5.44. The molecule has 2 aromatic rings. The molecule has 178 valence electrons. The number of allylic oxidation sites excluding steroid dienone is 1. The number of aryl methyl sites for hydroxylation is 3. The van der Waals surface area contributed by atoms with Gasteiger partial charge in [-0.3, -0.25) is 4.79 Å². The summed E-state index contributed by atoms with van der Waals surface area (Å²) in [4.78, 5) is 26.0. The quantitative estimate of drug-likeness (QED) is 0.610. The van der Waals surface area contributed by atoms with E-state index in [4.69, 9.17) is 9.47 Å². The van der Waals surface area contributed by atoms with E-state index in [2.05, 4.69) is 32.9 Å². The molecular weight excluding hydrogens is 428 g/mol. The normalized spacial score (nSPS) is 29.6. The van der Waals surface area contributed by atoms with Crippen LogP contribution in [-0.4, -0.2) is 36.2 Å². The molecule has 0 aromatic heterocycles. The second-order valence-corrected chi connectivity index (χ2v) is 10.1. The Morgan fingerprint density at radius 1 is 1.18 bits per heavy atom. The summed E-state index contributed by atoms with van der Waals surface area (Å²) < 4.78 is 11.3. The summed E-state index contributed by atoms with van der Waals surface area (Å²) in [5.41, 5.74) is 5.46. The molecule has 0 radical (unpaired) electrons. The van der Waals surface area contributed by atoms with E-state index in [0.717, 1.165) is 35.1 Å². The third kappa shape index (κ3) is 3.02. The van der Waals surface area contributed by atoms with E-state index >= 15 is 0 Å². The van der Waals surface area contributed by atoms with Crippen LogP contribution in [0.25, 0.3) is 5.57 Å². The Bertz CT molecular complexity index is 1200. The van der Waals surface area contributed by atoms with Crippen LogP contribution >= 0.6 is 0 Å². The van der Waals surface area contributed by atoms with E-state index in [0.29, 0.717) is 17.6 Å². The Labute approximate surface area is 200 Å². The van der Waals surface area contributed by atoms with Gasteiger partial charge in [-0.2, -0.15) is 0 Å². The van der Waals surface area contributed by atoms with Gasteiger partial charge in [0.1, 0.15) is 5.76 Å². The maximum absolute atomic E-state index is 13.9. The van der Waals surface area contributed by atoms with Crippen molar-refractivity contribution in [2.24, 2.45) is 11.3 Å². The molecule has 5 atom stereocenters. The Morgan fingerprint density at radius 2 is 1.85 bits per heavy atom. The number of carbonyl (C=O) groups is 2. The van der Waals surface area contributed by atoms with Crippen molar-refractivity contribution in [1.29, 1.82) is 0 Å². The van der Waals surface area contributed by atoms with Crippen LogP contribution in [0, 0.1) is 18.3 Å². The second kappa shape index (κ2) is 8.09. The number of Topliss-reactive ketones (excluding diaryl/α,β-unsaturated/α-hetero) is 1. The summed E-state index contributed by atoms with van der Waals surface area (Å²) >= 11 is 0. The first-order chi connectivity index (χ1) is 16.3. The van der Waals surface area contributed by atoms with Crippen molar-refractivity contribution in [3.8, 4) is 0 Å². The number of rotatable bonds is 5. The van der Waals surface area contributed by atoms with Gasteiger partial charge in [-0.05, 0) is 67.5 Å². The Hall–Kier alpha value is -2.92. The van der Waals surface area contributed by atoms with Gasteiger partial charge in [-0.1, -0.05) is 43.7 Å². The molecule has 2 aliphatic heterocycles. The van der Waals surface area contributed by atoms with Gasteiger partial charge in [0.2, 0.25) is 0 Å². The Morgan fingerprint density at radius 3 is 2.47 bits per heavy atom. The van der Waals surface area contributed by atoms with Crippen molar-refractivity contribution in [2.75, 3.05) is 7.11 Å². The summed E-state index contributed by atoms with van der Waals surface area (Å²) in [5, 5.41) is 11.7. The average molecular weight is 461 g/mol. The minimum absolute atomic E-state index is 0.00233. The number of esters is 1. The number of carbonyl (C=O) groups excluding carboxylic acids is 2. The van der Waals surface area contributed by atoms with Crippen LogP contribution in [-0.2, 0) is 27.1 Å². The highest BCUT2D eigenvalue weighted by Crippen LogP contribution is 2.65. The number of ketones is 1. The number of fused-ring (bicyclic) bond motifs is 5. The van der Waals surface area contributed by atoms with Gasteiger partial charge in [-0.25, -0.2) is 4.79 Å². The minimum Gasteiger partial charge on any atom is -0.511 e. The molecule has 2 heterocycles. The zero-order valence-corrected chi connectivity index (χ0v) is 20.5. The van der Waals surface area contributed by atoms with Crippen molar-refractivity contribution in [1.82, 2.24) is 0 Å². The molecular formula is C29H32O5. The van der Waals surface area contributed by atoms with Gasteiger partial charge < -0.3 is 14.6 Å². The van der Waals surface area contributed by atoms with E-state index < -0.39 is 5.41 Å². The standard InChI is InChI=1S/C29H32O5/c1-6-16-11-15(3)12-17(7-2)22(16)23-25(30)24-21-14-20(27(34-21)29(24,4)26(23)31)18-9-8-10-19(13-18)28(32)33-5/h8-13,20-21,24,27,31H,6-7,14H2,1-5H3/t20?,21-,24+,27+,29+/m0/s1. The highest BCUT2D eigenvalue weighted by Gasteiger charge is 2.69. The minimum atomic E-state index is -0.790. The van der Waals surface area contributed by atoms with Crippen LogP contribution in [0.2, 0.25) is 0 Å². The number of aliphatic hydroxyl groups is 1. The lowest BCUT2D eigenvalue weighted by Gasteiger charge is -2.37. The molecule has 2 fully saturated rings. The molecule has 2 bridgehead atoms. The van der Waals surface area contributed by atoms with Gasteiger partial charge in [0, 0.05) is 5.92 Å². The first-order valence-corrected chi connectivity index (χ1v) is 12.2. The molecule has 3 aliphatic rings. The molecule has 0 spiro atoms. The molecule has 5 nitrogen and oxygen atoms in total. The van der Waals surface area contributed by atoms with Gasteiger partial charge in [0.15, 0.2) is 5.78 Å². The molecule has 0 saturated carbocycles. The molecule has 1 unspecified atom stereocenters. The lowest BCUT2D eigenvalue weighted by molar-refractivity contribution is -0.119. The number of methoxy groups -OCH3 is 1. The van der Waals surface area contributed by atoms with Crippen LogP contribution < -0.4 is 0 Å². The summed E-state index contributed by atoms with van der Waals surface area (Å²) in [5.74, 6) is -0.614. The van der Waals surface area contributed by atoms with E-state index in [-0.39, 0.29) is 41.6 Å². The van der Waals surface area contributed by atoms with Crippen molar-refractivity contribution in [3.05, 3.63) is 75.5 Å². The van der Waals surface area contributed by atoms with Crippen LogP contribution in [0.15, 0.2) is 42.2 Å². The van der Waals surface area contributed by atoms with Crippen LogP contribution in [0.5, 0.6) is 0 Å². The maximum Gasteiger partial charge on any atom is 0.337 e. The summed E-state index contributed by atoms with van der Waals surface area (Å²) in [6.45, 7) is 8.23. The fourth-order valence-corrected chi connectivity index (χ4v) is 6.70. The van der Waals surface area contributed by atoms with Crippen LogP contribution in [0.3, 0.4) is 0 Å². The predicted octanol–water partition coefficient (Wildman–Crippen LogP) is 5.34. The molecule has 0 amide bonds. The van der Waals surface area contributed by atoms with Crippen LogP contribution in [0.4, 0.5) is 0 Å². The highest BCUT2D eigenvalue weighted by molar-refractivity contribution is 6.26. The lowest BCUT2D eigenvalue weighted by Crippen LogP contribution is -2.42. The monoisotopic (exact) mass is 460 g/mol. The number of ether oxygens (including phenoxy) is 2. The molecule has 1 N–H and O–H groups in total. The second-order valence-electron chi connectivity index (χ2n) is 10.1. The zero-order valence-electron chi connectivity index (χ0n) is 20.5. The molecule has 2 saturated heterocycles. The number of benzene rings is 2. The van der Waals surface area contributed by atoms with E-state index in [1.54, 1.807) is 6.07 Å². The third-order valence-electron chi connectivity index (χ3n) is 8.25. The topological polar surface area (TPSA) is 72.8 Å². The molecule has 5 rings (SSSR count). The molecule has 2 aromatic carbocycles. The highest BCUT2D eigenvalue weighted by atomic mass is 16.5. The van der Waals surface area contributed by atoms with Crippen LogP contribution in [0.1, 0.15) is 71.3 Å². The lowest BCUT2D eigenvalue weighted by atomic mass is 9.63. The van der Waals surface area contributed by atoms with Gasteiger partial charge in [0.25, 0.3) is 0 Å². The Balaban J connectivity index is 1.61. The number of hydrogen-bond donors (Lipinski definition) is 1. The van der Waals surface area contributed by atoms with E-state index in [1.807, 2.05) is 25.1 Å². The van der Waals surface area contributed by atoms with Crippen molar-refractivity contribution < 1.29 is 24.2 Å². The predicted molar refractivity (Wildman–Crippen MR) is 130 cm³/mol.